The zero-order valence-corrected chi connectivity index (χ0v) is 9.07. The van der Waals surface area contributed by atoms with Gasteiger partial charge in [0, 0.05) is 0 Å². The highest BCUT2D eigenvalue weighted by atomic mass is 14.0. The van der Waals surface area contributed by atoms with Crippen molar-refractivity contribution in [3.05, 3.63) is 11.6 Å². The van der Waals surface area contributed by atoms with Gasteiger partial charge in [-0.25, -0.2) is 0 Å². The summed E-state index contributed by atoms with van der Waals surface area (Å²) in [6.07, 6.45) is 4.77. The molecule has 0 aromatic carbocycles. The fourth-order valence-electron chi connectivity index (χ4n) is 0.812. The molecule has 0 fully saturated rings. The lowest BCUT2D eigenvalue weighted by molar-refractivity contribution is 0.557. The zero-order valence-electron chi connectivity index (χ0n) is 9.07. The van der Waals surface area contributed by atoms with Gasteiger partial charge in [-0.05, 0) is 26.2 Å². The van der Waals surface area contributed by atoms with Crippen molar-refractivity contribution in [3.63, 3.8) is 0 Å². The molecule has 0 aliphatic rings. The molecule has 0 heteroatoms. The third kappa shape index (κ3) is 9.74. The Hall–Kier alpha value is -0.260. The van der Waals surface area contributed by atoms with E-state index in [-0.39, 0.29) is 0 Å². The van der Waals surface area contributed by atoms with Crippen LogP contribution in [0.4, 0.5) is 0 Å². The highest BCUT2D eigenvalue weighted by Gasteiger charge is 1.97. The molecule has 0 aliphatic heterocycles. The van der Waals surface area contributed by atoms with Crippen LogP contribution in [0.5, 0.6) is 0 Å². The van der Waals surface area contributed by atoms with E-state index in [9.17, 15) is 0 Å². The zero-order chi connectivity index (χ0) is 9.28. The Kier molecular flexibility index (Phi) is 11.8. The lowest BCUT2D eigenvalue weighted by Crippen LogP contribution is -1.91. The maximum atomic E-state index is 2.30. The van der Waals surface area contributed by atoms with Crippen LogP contribution in [-0.4, -0.2) is 0 Å². The average molecular weight is 156 g/mol. The predicted octanol–water partition coefficient (Wildman–Crippen LogP) is 4.42. The number of hydrogen-bond donors (Lipinski definition) is 0. The maximum absolute atomic E-state index is 2.30. The molecule has 0 spiro atoms. The van der Waals surface area contributed by atoms with Gasteiger partial charge in [-0.1, -0.05) is 45.8 Å². The van der Waals surface area contributed by atoms with Gasteiger partial charge in [-0.3, -0.25) is 0 Å². The van der Waals surface area contributed by atoms with Crippen LogP contribution in [0.1, 0.15) is 54.4 Å². The van der Waals surface area contributed by atoms with E-state index in [1.807, 2.05) is 13.8 Å². The minimum absolute atomic E-state index is 0.862. The van der Waals surface area contributed by atoms with Gasteiger partial charge in [0.1, 0.15) is 0 Å². The third-order valence-electron chi connectivity index (χ3n) is 1.86. The molecule has 0 bridgehead atoms. The maximum Gasteiger partial charge on any atom is -0.0297 e. The van der Waals surface area contributed by atoms with Gasteiger partial charge in [0.05, 0.1) is 0 Å². The lowest BCUT2D eigenvalue weighted by Gasteiger charge is -2.06. The van der Waals surface area contributed by atoms with Crippen molar-refractivity contribution in [1.82, 2.24) is 0 Å². The first-order valence-electron chi connectivity index (χ1n) is 4.82. The Morgan fingerprint density at radius 2 is 1.82 bits per heavy atom. The summed E-state index contributed by atoms with van der Waals surface area (Å²) >= 11 is 0. The summed E-state index contributed by atoms with van der Waals surface area (Å²) in [6.45, 7) is 12.9. The molecule has 0 amide bonds. The molecule has 0 radical (unpaired) electrons. The molecule has 0 aromatic rings. The number of hydrogen-bond acceptors (Lipinski definition) is 0. The van der Waals surface area contributed by atoms with Crippen molar-refractivity contribution >= 4 is 0 Å². The Morgan fingerprint density at radius 3 is 2.09 bits per heavy atom. The summed E-state index contributed by atoms with van der Waals surface area (Å²) in [4.78, 5) is 0. The quantitative estimate of drug-likeness (QED) is 0.531. The molecule has 0 rings (SSSR count). The van der Waals surface area contributed by atoms with Crippen molar-refractivity contribution in [2.75, 3.05) is 0 Å². The van der Waals surface area contributed by atoms with E-state index in [4.69, 9.17) is 0 Å². The SMILES string of the molecule is C/C=C(/C)CC(C)CC.CC. The van der Waals surface area contributed by atoms with Crippen molar-refractivity contribution < 1.29 is 0 Å². The summed E-state index contributed by atoms with van der Waals surface area (Å²) in [5.41, 5.74) is 1.52. The van der Waals surface area contributed by atoms with Gasteiger partial charge in [0.25, 0.3) is 0 Å². The first-order valence-corrected chi connectivity index (χ1v) is 4.82. The number of rotatable bonds is 3. The van der Waals surface area contributed by atoms with Gasteiger partial charge in [-0.2, -0.15) is 0 Å². The van der Waals surface area contributed by atoms with E-state index >= 15 is 0 Å². The standard InChI is InChI=1S/C9H18.C2H6/c1-5-8(3)7-9(4)6-2;1-2/h5,9H,6-7H2,1-4H3;1-2H3/b8-5-;. The summed E-state index contributed by atoms with van der Waals surface area (Å²) in [5.74, 6) is 0.862. The molecule has 68 valence electrons. The molecule has 0 aliphatic carbocycles. The Balaban J connectivity index is 0. The second-order valence-corrected chi connectivity index (χ2v) is 2.85. The monoisotopic (exact) mass is 156 g/mol. The first kappa shape index (κ1) is 13.3. The summed E-state index contributed by atoms with van der Waals surface area (Å²) in [6, 6.07) is 0. The Morgan fingerprint density at radius 1 is 1.36 bits per heavy atom. The van der Waals surface area contributed by atoms with Crippen LogP contribution in [0, 0.1) is 5.92 Å². The molecular formula is C11H24. The molecule has 11 heavy (non-hydrogen) atoms. The molecule has 0 nitrogen and oxygen atoms in total. The van der Waals surface area contributed by atoms with Crippen molar-refractivity contribution in [2.45, 2.75) is 54.4 Å². The van der Waals surface area contributed by atoms with Crippen LogP contribution in [-0.2, 0) is 0 Å². The molecule has 0 saturated heterocycles. The average Bonchev–Trinajstić information content (AvgIpc) is 2.07. The van der Waals surface area contributed by atoms with Gasteiger partial charge >= 0.3 is 0 Å². The van der Waals surface area contributed by atoms with Crippen LogP contribution >= 0.6 is 0 Å². The molecule has 1 unspecified atom stereocenters. The molecule has 0 saturated carbocycles. The van der Waals surface area contributed by atoms with Crippen molar-refractivity contribution in [1.29, 1.82) is 0 Å². The molecule has 1 atom stereocenters. The predicted molar refractivity (Wildman–Crippen MR) is 54.9 cm³/mol. The fourth-order valence-corrected chi connectivity index (χ4v) is 0.812. The largest absolute Gasteiger partial charge is 0.0887 e. The fraction of sp³-hybridized carbons (Fsp3) is 0.818. The van der Waals surface area contributed by atoms with E-state index in [2.05, 4.69) is 33.8 Å². The molecule has 0 heterocycles. The normalized spacial score (nSPS) is 13.5. The highest BCUT2D eigenvalue weighted by Crippen LogP contribution is 2.12. The summed E-state index contributed by atoms with van der Waals surface area (Å²) in [7, 11) is 0. The van der Waals surface area contributed by atoms with Crippen molar-refractivity contribution in [3.8, 4) is 0 Å². The second kappa shape index (κ2) is 9.74. The smallest absolute Gasteiger partial charge is 0.0297 e. The van der Waals surface area contributed by atoms with Crippen LogP contribution in [0.25, 0.3) is 0 Å². The van der Waals surface area contributed by atoms with Crippen LogP contribution in [0.3, 0.4) is 0 Å². The lowest BCUT2D eigenvalue weighted by atomic mass is 10.00. The minimum Gasteiger partial charge on any atom is -0.0887 e. The van der Waals surface area contributed by atoms with Crippen molar-refractivity contribution in [2.24, 2.45) is 5.92 Å². The second-order valence-electron chi connectivity index (χ2n) is 2.85. The van der Waals surface area contributed by atoms with Gasteiger partial charge in [-0.15, -0.1) is 0 Å². The molecular weight excluding hydrogens is 132 g/mol. The van der Waals surface area contributed by atoms with E-state index in [0.29, 0.717) is 0 Å². The minimum atomic E-state index is 0.862. The van der Waals surface area contributed by atoms with Gasteiger partial charge < -0.3 is 0 Å². The first-order chi connectivity index (χ1) is 5.20. The highest BCUT2D eigenvalue weighted by molar-refractivity contribution is 4.96. The van der Waals surface area contributed by atoms with Crippen LogP contribution in [0.15, 0.2) is 11.6 Å². The van der Waals surface area contributed by atoms with E-state index in [1.165, 1.54) is 18.4 Å². The topological polar surface area (TPSA) is 0 Å². The van der Waals surface area contributed by atoms with Crippen LogP contribution < -0.4 is 0 Å². The van der Waals surface area contributed by atoms with Gasteiger partial charge in [0.15, 0.2) is 0 Å². The number of allylic oxidation sites excluding steroid dienone is 2. The Bertz CT molecular complexity index is 90.2. The third-order valence-corrected chi connectivity index (χ3v) is 1.86. The Labute approximate surface area is 72.7 Å². The molecule has 0 N–H and O–H groups in total. The summed E-state index contributed by atoms with van der Waals surface area (Å²) < 4.78 is 0. The molecule has 0 aromatic heterocycles. The van der Waals surface area contributed by atoms with E-state index in [1.54, 1.807) is 0 Å². The van der Waals surface area contributed by atoms with Crippen LogP contribution in [0.2, 0.25) is 0 Å². The van der Waals surface area contributed by atoms with Gasteiger partial charge in [0.2, 0.25) is 0 Å². The summed E-state index contributed by atoms with van der Waals surface area (Å²) in [5, 5.41) is 0. The van der Waals surface area contributed by atoms with E-state index in [0.717, 1.165) is 5.92 Å². The van der Waals surface area contributed by atoms with E-state index < -0.39 is 0 Å².